The summed E-state index contributed by atoms with van der Waals surface area (Å²) in [7, 11) is 0. The number of rotatable bonds is 5. The third-order valence-corrected chi connectivity index (χ3v) is 9.61. The molecule has 0 amide bonds. The van der Waals surface area contributed by atoms with E-state index in [4.69, 9.17) is 15.0 Å². The van der Waals surface area contributed by atoms with E-state index in [-0.39, 0.29) is 5.56 Å². The van der Waals surface area contributed by atoms with Crippen molar-refractivity contribution < 1.29 is 0 Å². The van der Waals surface area contributed by atoms with Gasteiger partial charge in [-0.15, -0.1) is 0 Å². The van der Waals surface area contributed by atoms with Crippen LogP contribution in [-0.4, -0.2) is 28.9 Å². The lowest BCUT2D eigenvalue weighted by Gasteiger charge is -2.11. The van der Waals surface area contributed by atoms with Gasteiger partial charge in [0.2, 0.25) is 0 Å². The molecule has 4 heterocycles. The minimum Gasteiger partial charge on any atom is -0.309 e. The fourth-order valence-corrected chi connectivity index (χ4v) is 7.12. The van der Waals surface area contributed by atoms with Gasteiger partial charge in [0.1, 0.15) is 5.65 Å². The Morgan fingerprint density at radius 1 is 0.385 bits per heavy atom. The molecule has 0 saturated heterocycles. The van der Waals surface area contributed by atoms with Crippen LogP contribution in [0.3, 0.4) is 0 Å². The van der Waals surface area contributed by atoms with Crippen LogP contribution in [0.1, 0.15) is 0 Å². The van der Waals surface area contributed by atoms with Gasteiger partial charge in [-0.25, -0.2) is 15.0 Å². The van der Waals surface area contributed by atoms with Gasteiger partial charge in [0.05, 0.1) is 21.9 Å². The number of pyridine rings is 1. The van der Waals surface area contributed by atoms with Crippen LogP contribution in [0.4, 0.5) is 0 Å². The molecular weight excluding hydrogens is 641 g/mol. The molecule has 4 aromatic heterocycles. The lowest BCUT2D eigenvalue weighted by molar-refractivity contribution is 1.06. The summed E-state index contributed by atoms with van der Waals surface area (Å²) in [5, 5.41) is 2.86. The minimum absolute atomic E-state index is 0.274. The summed E-state index contributed by atoms with van der Waals surface area (Å²) in [5.74, 6) is 1.70. The van der Waals surface area contributed by atoms with Crippen molar-refractivity contribution in [2.75, 3.05) is 0 Å². The SMILES string of the molecule is O=c1nc2ccc(-c3nc(-c4ccccc4)nc(-c4ccccc4)n3)cn2c2ccc(-c3ccc4c(c3)c3ccccc3n4-c3ccccc3)cc12. The first-order valence-corrected chi connectivity index (χ1v) is 17.1. The molecule has 244 valence electrons. The van der Waals surface area contributed by atoms with Gasteiger partial charge in [0, 0.05) is 39.3 Å². The third kappa shape index (κ3) is 4.95. The van der Waals surface area contributed by atoms with Crippen LogP contribution in [-0.2, 0) is 0 Å². The minimum atomic E-state index is -0.274. The van der Waals surface area contributed by atoms with E-state index >= 15 is 0 Å². The molecule has 7 nitrogen and oxygen atoms in total. The van der Waals surface area contributed by atoms with E-state index in [1.54, 1.807) is 0 Å². The summed E-state index contributed by atoms with van der Waals surface area (Å²) in [6.07, 6.45) is 1.95. The fourth-order valence-electron chi connectivity index (χ4n) is 7.12. The maximum absolute atomic E-state index is 13.5. The molecule has 0 spiro atoms. The first kappa shape index (κ1) is 29.6. The van der Waals surface area contributed by atoms with E-state index in [2.05, 4.69) is 82.3 Å². The normalized spacial score (nSPS) is 11.5. The van der Waals surface area contributed by atoms with Gasteiger partial charge in [0.15, 0.2) is 17.5 Å². The Hall–Kier alpha value is -7.25. The lowest BCUT2D eigenvalue weighted by atomic mass is 10.0. The Bertz CT molecular complexity index is 2970. The summed E-state index contributed by atoms with van der Waals surface area (Å²) in [6.45, 7) is 0. The number of fused-ring (bicyclic) bond motifs is 6. The molecule has 0 fully saturated rings. The molecule has 0 aliphatic rings. The summed E-state index contributed by atoms with van der Waals surface area (Å²) in [4.78, 5) is 32.6. The quantitative estimate of drug-likeness (QED) is 0.171. The maximum atomic E-state index is 13.5. The summed E-state index contributed by atoms with van der Waals surface area (Å²) in [5.41, 5.74) is 8.95. The van der Waals surface area contributed by atoms with Crippen molar-refractivity contribution in [1.82, 2.24) is 28.9 Å². The highest BCUT2D eigenvalue weighted by molar-refractivity contribution is 6.10. The van der Waals surface area contributed by atoms with Crippen molar-refractivity contribution in [3.63, 3.8) is 0 Å². The Morgan fingerprint density at radius 3 is 1.58 bits per heavy atom. The van der Waals surface area contributed by atoms with Gasteiger partial charge in [-0.3, -0.25) is 4.79 Å². The van der Waals surface area contributed by atoms with Crippen molar-refractivity contribution in [3.05, 3.63) is 180 Å². The average Bonchev–Trinajstić information content (AvgIpc) is 3.55. The van der Waals surface area contributed by atoms with E-state index in [9.17, 15) is 4.79 Å². The van der Waals surface area contributed by atoms with Gasteiger partial charge in [-0.2, -0.15) is 4.98 Å². The molecule has 10 rings (SSSR count). The average molecular weight is 669 g/mol. The fraction of sp³-hybridized carbons (Fsp3) is 0. The number of nitrogens with zero attached hydrogens (tertiary/aromatic N) is 6. The highest BCUT2D eigenvalue weighted by Gasteiger charge is 2.16. The second-order valence-corrected chi connectivity index (χ2v) is 12.8. The van der Waals surface area contributed by atoms with Crippen LogP contribution in [0.5, 0.6) is 0 Å². The molecule has 0 bridgehead atoms. The van der Waals surface area contributed by atoms with Gasteiger partial charge < -0.3 is 8.97 Å². The summed E-state index contributed by atoms with van der Waals surface area (Å²) < 4.78 is 4.24. The van der Waals surface area contributed by atoms with Crippen molar-refractivity contribution in [2.24, 2.45) is 0 Å². The van der Waals surface area contributed by atoms with Crippen molar-refractivity contribution in [2.45, 2.75) is 0 Å². The first-order chi connectivity index (χ1) is 25.7. The number of benzene rings is 6. The Labute approximate surface area is 297 Å². The van der Waals surface area contributed by atoms with E-state index < -0.39 is 0 Å². The van der Waals surface area contributed by atoms with E-state index in [1.165, 1.54) is 5.39 Å². The summed E-state index contributed by atoms with van der Waals surface area (Å²) in [6, 6.07) is 55.0. The van der Waals surface area contributed by atoms with Crippen LogP contribution in [0.2, 0.25) is 0 Å². The smallest absolute Gasteiger partial charge is 0.281 e. The van der Waals surface area contributed by atoms with Crippen molar-refractivity contribution >= 4 is 38.4 Å². The van der Waals surface area contributed by atoms with Crippen LogP contribution in [0, 0.1) is 0 Å². The molecule has 0 aliphatic heterocycles. The highest BCUT2D eigenvalue weighted by atomic mass is 16.1. The van der Waals surface area contributed by atoms with Crippen molar-refractivity contribution in [1.29, 1.82) is 0 Å². The number of para-hydroxylation sites is 2. The topological polar surface area (TPSA) is 78.0 Å². The lowest BCUT2D eigenvalue weighted by Crippen LogP contribution is -2.11. The second kappa shape index (κ2) is 12.0. The molecule has 6 aromatic carbocycles. The first-order valence-electron chi connectivity index (χ1n) is 17.1. The summed E-state index contributed by atoms with van der Waals surface area (Å²) >= 11 is 0. The molecule has 7 heteroatoms. The van der Waals surface area contributed by atoms with Crippen LogP contribution >= 0.6 is 0 Å². The number of hydrogen-bond acceptors (Lipinski definition) is 5. The molecule has 0 saturated carbocycles. The standard InChI is InChI=1S/C45H28N6O/c52-45-37-27-32(31-21-24-40-36(26-31)35-18-10-11-19-39(35)51(40)34-16-8-3-9-17-34)20-23-38(37)50-28-33(22-25-41(50)46-45)44-48-42(29-12-4-1-5-13-29)47-43(49-44)30-14-6-2-7-15-30/h1-28H. The predicted octanol–water partition coefficient (Wildman–Crippen LogP) is 9.80. The monoisotopic (exact) mass is 668 g/mol. The Balaban J connectivity index is 1.11. The van der Waals surface area contributed by atoms with Gasteiger partial charge >= 0.3 is 0 Å². The Kier molecular flexibility index (Phi) is 6.82. The molecule has 0 radical (unpaired) electrons. The Morgan fingerprint density at radius 2 is 0.904 bits per heavy atom. The van der Waals surface area contributed by atoms with Crippen molar-refractivity contribution in [3.8, 4) is 51.0 Å². The molecule has 0 unspecified atom stereocenters. The van der Waals surface area contributed by atoms with Gasteiger partial charge in [0.25, 0.3) is 5.56 Å². The van der Waals surface area contributed by atoms with Gasteiger partial charge in [-0.1, -0.05) is 109 Å². The largest absolute Gasteiger partial charge is 0.309 e. The second-order valence-electron chi connectivity index (χ2n) is 12.8. The zero-order valence-electron chi connectivity index (χ0n) is 27.8. The molecular formula is C45H28N6O. The van der Waals surface area contributed by atoms with Crippen LogP contribution in [0.25, 0.3) is 89.3 Å². The number of hydrogen-bond donors (Lipinski definition) is 0. The zero-order valence-corrected chi connectivity index (χ0v) is 27.8. The van der Waals surface area contributed by atoms with Gasteiger partial charge in [-0.05, 0) is 65.7 Å². The molecule has 0 atom stereocenters. The third-order valence-electron chi connectivity index (χ3n) is 9.61. The maximum Gasteiger partial charge on any atom is 0.281 e. The van der Waals surface area contributed by atoms with E-state index in [0.29, 0.717) is 28.5 Å². The van der Waals surface area contributed by atoms with Crippen LogP contribution < -0.4 is 5.56 Å². The predicted molar refractivity (Wildman–Crippen MR) is 208 cm³/mol. The van der Waals surface area contributed by atoms with E-state index in [1.807, 2.05) is 102 Å². The molecule has 52 heavy (non-hydrogen) atoms. The zero-order chi connectivity index (χ0) is 34.6. The van der Waals surface area contributed by atoms with E-state index in [0.717, 1.165) is 55.4 Å². The molecule has 0 N–H and O–H groups in total. The number of aromatic nitrogens is 6. The molecule has 0 aliphatic carbocycles. The molecule has 10 aromatic rings. The van der Waals surface area contributed by atoms with Crippen LogP contribution in [0.15, 0.2) is 175 Å². The highest BCUT2D eigenvalue weighted by Crippen LogP contribution is 2.35.